The van der Waals surface area contributed by atoms with Crippen molar-refractivity contribution >= 4 is 23.4 Å². The van der Waals surface area contributed by atoms with Crippen molar-refractivity contribution in [3.63, 3.8) is 0 Å². The molecule has 0 radical (unpaired) electrons. The van der Waals surface area contributed by atoms with E-state index in [0.717, 1.165) is 16.8 Å². The van der Waals surface area contributed by atoms with Crippen LogP contribution in [0.2, 0.25) is 0 Å². The van der Waals surface area contributed by atoms with Gasteiger partial charge < -0.3 is 9.88 Å². The van der Waals surface area contributed by atoms with Gasteiger partial charge in [-0.05, 0) is 18.6 Å². The summed E-state index contributed by atoms with van der Waals surface area (Å²) >= 11 is 1.38. The van der Waals surface area contributed by atoms with Crippen molar-refractivity contribution in [3.05, 3.63) is 60.9 Å². The average Bonchev–Trinajstić information content (AvgIpc) is 3.01. The highest BCUT2D eigenvalue weighted by molar-refractivity contribution is 8.00. The monoisotopic (exact) mass is 338 g/mol. The summed E-state index contributed by atoms with van der Waals surface area (Å²) in [5.41, 5.74) is 2.88. The van der Waals surface area contributed by atoms with Gasteiger partial charge in [-0.3, -0.25) is 4.79 Å². The number of amides is 1. The Labute approximate surface area is 145 Å². The van der Waals surface area contributed by atoms with E-state index in [0.29, 0.717) is 5.16 Å². The number of hydrogen-bond donors (Lipinski definition) is 1. The number of aryl methyl sites for hydroxylation is 1. The molecule has 2 aromatic carbocycles. The maximum Gasteiger partial charge on any atom is 0.237 e. The van der Waals surface area contributed by atoms with Crippen LogP contribution in [-0.2, 0) is 11.8 Å². The number of benzene rings is 2. The molecule has 6 heteroatoms. The summed E-state index contributed by atoms with van der Waals surface area (Å²) in [4.78, 5) is 12.5. The molecule has 1 N–H and O–H groups in total. The third-order valence-electron chi connectivity index (χ3n) is 3.59. The van der Waals surface area contributed by atoms with E-state index in [4.69, 9.17) is 0 Å². The predicted molar refractivity (Wildman–Crippen MR) is 96.8 cm³/mol. The second-order valence-corrected chi connectivity index (χ2v) is 6.69. The molecule has 5 nitrogen and oxygen atoms in total. The molecule has 0 aliphatic rings. The summed E-state index contributed by atoms with van der Waals surface area (Å²) in [5.74, 6) is -0.0635. The van der Waals surface area contributed by atoms with Crippen molar-refractivity contribution < 1.29 is 4.79 Å². The normalized spacial score (nSPS) is 11.9. The molecule has 0 bridgehead atoms. The van der Waals surface area contributed by atoms with Crippen molar-refractivity contribution in [2.45, 2.75) is 17.3 Å². The van der Waals surface area contributed by atoms with Crippen LogP contribution in [0, 0.1) is 0 Å². The fraction of sp³-hybridized carbons (Fsp3) is 0.167. The van der Waals surface area contributed by atoms with Crippen LogP contribution in [0.3, 0.4) is 0 Å². The third kappa shape index (κ3) is 3.65. The summed E-state index contributed by atoms with van der Waals surface area (Å²) in [6.45, 7) is 1.86. The smallest absolute Gasteiger partial charge is 0.237 e. The highest BCUT2D eigenvalue weighted by atomic mass is 32.2. The molecule has 1 atom stereocenters. The zero-order valence-corrected chi connectivity index (χ0v) is 14.3. The van der Waals surface area contributed by atoms with E-state index in [1.807, 2.05) is 68.6 Å². The van der Waals surface area contributed by atoms with Gasteiger partial charge in [0.1, 0.15) is 6.33 Å². The minimum Gasteiger partial charge on any atom is -0.325 e. The SMILES string of the molecule is C[C@H](Sc1nncn1C)C(=O)Nc1ccccc1-c1ccccc1. The van der Waals surface area contributed by atoms with Crippen LogP contribution < -0.4 is 5.32 Å². The lowest BCUT2D eigenvalue weighted by Gasteiger charge is -2.14. The number of nitrogens with zero attached hydrogens (tertiary/aromatic N) is 3. The Hall–Kier alpha value is -2.60. The molecular formula is C18H18N4OS. The van der Waals surface area contributed by atoms with Crippen molar-refractivity contribution in [1.29, 1.82) is 0 Å². The molecule has 0 aliphatic carbocycles. The van der Waals surface area contributed by atoms with Gasteiger partial charge in [-0.1, -0.05) is 60.3 Å². The van der Waals surface area contributed by atoms with E-state index in [-0.39, 0.29) is 11.2 Å². The van der Waals surface area contributed by atoms with Crippen molar-refractivity contribution in [3.8, 4) is 11.1 Å². The number of carbonyl (C=O) groups is 1. The van der Waals surface area contributed by atoms with Crippen LogP contribution in [0.4, 0.5) is 5.69 Å². The quantitative estimate of drug-likeness (QED) is 0.722. The summed E-state index contributed by atoms with van der Waals surface area (Å²) in [7, 11) is 1.86. The van der Waals surface area contributed by atoms with Crippen LogP contribution in [0.1, 0.15) is 6.92 Å². The van der Waals surface area contributed by atoms with Crippen LogP contribution >= 0.6 is 11.8 Å². The van der Waals surface area contributed by atoms with Crippen molar-refractivity contribution in [2.24, 2.45) is 7.05 Å². The van der Waals surface area contributed by atoms with Crippen LogP contribution in [0.25, 0.3) is 11.1 Å². The molecule has 1 aromatic heterocycles. The van der Waals surface area contributed by atoms with E-state index in [2.05, 4.69) is 15.5 Å². The second kappa shape index (κ2) is 7.31. The number of carbonyl (C=O) groups excluding carboxylic acids is 1. The lowest BCUT2D eigenvalue weighted by Crippen LogP contribution is -2.23. The highest BCUT2D eigenvalue weighted by Gasteiger charge is 2.18. The Morgan fingerprint density at radius 2 is 1.83 bits per heavy atom. The van der Waals surface area contributed by atoms with Gasteiger partial charge in [-0.2, -0.15) is 0 Å². The number of rotatable bonds is 5. The van der Waals surface area contributed by atoms with Gasteiger partial charge in [0.05, 0.1) is 5.25 Å². The summed E-state index contributed by atoms with van der Waals surface area (Å²) < 4.78 is 1.80. The lowest BCUT2D eigenvalue weighted by molar-refractivity contribution is -0.115. The molecule has 0 saturated carbocycles. The topological polar surface area (TPSA) is 59.8 Å². The first kappa shape index (κ1) is 16.3. The van der Waals surface area contributed by atoms with Crippen LogP contribution in [0.5, 0.6) is 0 Å². The maximum absolute atomic E-state index is 12.5. The zero-order valence-electron chi connectivity index (χ0n) is 13.5. The second-order valence-electron chi connectivity index (χ2n) is 5.39. The molecule has 0 saturated heterocycles. The van der Waals surface area contributed by atoms with Crippen LogP contribution in [-0.4, -0.2) is 25.9 Å². The Bertz CT molecular complexity index is 832. The standard InChI is InChI=1S/C18H18N4OS/c1-13(24-18-21-19-12-22(18)2)17(23)20-16-11-7-6-10-15(16)14-8-4-3-5-9-14/h3-13H,1-2H3,(H,20,23)/t13-/m0/s1. The van der Waals surface area contributed by atoms with Gasteiger partial charge in [0, 0.05) is 18.3 Å². The van der Waals surface area contributed by atoms with E-state index in [1.165, 1.54) is 11.8 Å². The minimum absolute atomic E-state index is 0.0635. The molecule has 1 amide bonds. The van der Waals surface area contributed by atoms with Gasteiger partial charge in [-0.15, -0.1) is 10.2 Å². The van der Waals surface area contributed by atoms with Gasteiger partial charge in [0.15, 0.2) is 5.16 Å². The minimum atomic E-state index is -0.281. The Balaban J connectivity index is 1.76. The number of nitrogens with one attached hydrogen (secondary N) is 1. The number of para-hydroxylation sites is 1. The summed E-state index contributed by atoms with van der Waals surface area (Å²) in [5, 5.41) is 11.3. The first-order valence-corrected chi connectivity index (χ1v) is 8.49. The lowest BCUT2D eigenvalue weighted by atomic mass is 10.0. The first-order chi connectivity index (χ1) is 11.6. The molecule has 24 heavy (non-hydrogen) atoms. The zero-order chi connectivity index (χ0) is 16.9. The third-order valence-corrected chi connectivity index (χ3v) is 4.74. The number of aromatic nitrogens is 3. The van der Waals surface area contributed by atoms with E-state index in [9.17, 15) is 4.79 Å². The fourth-order valence-electron chi connectivity index (χ4n) is 2.29. The molecule has 122 valence electrons. The molecule has 0 spiro atoms. The van der Waals surface area contributed by atoms with Gasteiger partial charge in [-0.25, -0.2) is 0 Å². The molecule has 3 rings (SSSR count). The Morgan fingerprint density at radius 1 is 1.12 bits per heavy atom. The van der Waals surface area contributed by atoms with Gasteiger partial charge in [0.25, 0.3) is 0 Å². The molecular weight excluding hydrogens is 320 g/mol. The Kier molecular flexibility index (Phi) is 4.96. The summed E-state index contributed by atoms with van der Waals surface area (Å²) in [6, 6.07) is 17.8. The van der Waals surface area contributed by atoms with Gasteiger partial charge >= 0.3 is 0 Å². The fourth-order valence-corrected chi connectivity index (χ4v) is 3.08. The molecule has 0 fully saturated rings. The maximum atomic E-state index is 12.5. The van der Waals surface area contributed by atoms with E-state index in [1.54, 1.807) is 10.9 Å². The highest BCUT2D eigenvalue weighted by Crippen LogP contribution is 2.29. The number of hydrogen-bond acceptors (Lipinski definition) is 4. The number of anilines is 1. The summed E-state index contributed by atoms with van der Waals surface area (Å²) in [6.07, 6.45) is 1.62. The number of thioether (sulfide) groups is 1. The van der Waals surface area contributed by atoms with Crippen molar-refractivity contribution in [1.82, 2.24) is 14.8 Å². The average molecular weight is 338 g/mol. The Morgan fingerprint density at radius 3 is 2.54 bits per heavy atom. The first-order valence-electron chi connectivity index (χ1n) is 7.61. The molecule has 1 heterocycles. The van der Waals surface area contributed by atoms with Crippen LogP contribution in [0.15, 0.2) is 66.1 Å². The largest absolute Gasteiger partial charge is 0.325 e. The van der Waals surface area contributed by atoms with E-state index < -0.39 is 0 Å². The molecule has 0 unspecified atom stereocenters. The van der Waals surface area contributed by atoms with E-state index >= 15 is 0 Å². The molecule has 0 aliphatic heterocycles. The van der Waals surface area contributed by atoms with Crippen molar-refractivity contribution in [2.75, 3.05) is 5.32 Å². The molecule has 3 aromatic rings. The predicted octanol–water partition coefficient (Wildman–Crippen LogP) is 3.60. The van der Waals surface area contributed by atoms with Gasteiger partial charge in [0.2, 0.25) is 5.91 Å².